The van der Waals surface area contributed by atoms with Crippen molar-refractivity contribution in [3.05, 3.63) is 122 Å². The van der Waals surface area contributed by atoms with Crippen LogP contribution < -0.4 is 0 Å². The molecule has 0 radical (unpaired) electrons. The van der Waals surface area contributed by atoms with Gasteiger partial charge in [-0.15, -0.1) is 68.0 Å². The van der Waals surface area contributed by atoms with Crippen LogP contribution in [-0.2, 0) is 95.4 Å². The molecule has 6 aliphatic heterocycles. The molecule has 0 unspecified atom stereocenters. The molecule has 0 saturated carbocycles. The number of aromatic nitrogens is 1. The lowest BCUT2D eigenvalue weighted by molar-refractivity contribution is 0.0302. The van der Waals surface area contributed by atoms with Crippen molar-refractivity contribution in [3.8, 4) is 0 Å². The molecule has 20 nitrogen and oxygen atoms in total. The van der Waals surface area contributed by atoms with Gasteiger partial charge in [-0.1, -0.05) is 208 Å². The lowest BCUT2D eigenvalue weighted by Crippen LogP contribution is -2.44. The van der Waals surface area contributed by atoms with Gasteiger partial charge in [0.05, 0.1) is 82.6 Å². The Morgan fingerprint density at radius 2 is 0.592 bits per heavy atom. The maximum absolute atomic E-state index is 12.8. The van der Waals surface area contributed by atoms with Gasteiger partial charge < -0.3 is 29.1 Å². The molecule has 125 heavy (non-hydrogen) atoms. The highest BCUT2D eigenvalue weighted by Gasteiger charge is 2.37. The number of hydrogen-bond acceptors (Lipinski definition) is 22. The number of amides is 4. The fraction of sp³-hybridized carbons (Fsp3) is 0.716. The highest BCUT2D eigenvalue weighted by Crippen LogP contribution is 2.43. The van der Waals surface area contributed by atoms with E-state index in [0.29, 0.717) is 118 Å². The molecular formula is C95H153N7O13S10. The summed E-state index contributed by atoms with van der Waals surface area (Å²) in [6, 6.07) is 11.0. The number of nitrogens with zero attached hydrogens (tertiary/aromatic N) is 7. The average molecular weight is 1920 g/mol. The third kappa shape index (κ3) is 31.5. The van der Waals surface area contributed by atoms with Gasteiger partial charge in [0.2, 0.25) is 0 Å². The molecule has 12 rings (SSSR count). The average Bonchev–Trinajstić information content (AvgIpc) is 1.59. The molecule has 6 aromatic rings. The molecule has 6 aliphatic rings. The van der Waals surface area contributed by atoms with Gasteiger partial charge in [0.25, 0.3) is 23.6 Å². The van der Waals surface area contributed by atoms with Gasteiger partial charge in [-0.05, 0) is 104 Å². The van der Waals surface area contributed by atoms with Crippen LogP contribution in [0.25, 0.3) is 0 Å². The summed E-state index contributed by atoms with van der Waals surface area (Å²) < 4.78 is 91.4. The summed E-state index contributed by atoms with van der Waals surface area (Å²) >= 11 is 10.8. The third-order valence-corrected chi connectivity index (χ3v) is 39.6. The Labute approximate surface area is 780 Å². The summed E-state index contributed by atoms with van der Waals surface area (Å²) in [6.45, 7) is 77.8. The first-order valence-electron chi connectivity index (χ1n) is 44.9. The van der Waals surface area contributed by atoms with E-state index in [0.717, 1.165) is 70.8 Å². The molecule has 0 atom stereocenters. The molecule has 12 heterocycles. The smallest absolute Gasteiger partial charge is 0.273 e. The predicted molar refractivity (Wildman–Crippen MR) is 530 cm³/mol. The van der Waals surface area contributed by atoms with Gasteiger partial charge >= 0.3 is 0 Å². The maximum Gasteiger partial charge on any atom is 0.273 e. The van der Waals surface area contributed by atoms with Crippen molar-refractivity contribution in [1.82, 2.24) is 34.4 Å². The molecule has 6 saturated heterocycles. The zero-order valence-corrected chi connectivity index (χ0v) is 89.4. The quantitative estimate of drug-likeness (QED) is 0.0985. The van der Waals surface area contributed by atoms with Gasteiger partial charge in [-0.25, -0.2) is 30.2 Å². The Kier molecular flexibility index (Phi) is 38.5. The van der Waals surface area contributed by atoms with Gasteiger partial charge in [0.15, 0.2) is 29.5 Å². The van der Waals surface area contributed by atoms with E-state index < -0.39 is 40.3 Å². The number of hydrogen-bond donors (Lipinski definition) is 0. The molecule has 0 bridgehead atoms. The van der Waals surface area contributed by atoms with E-state index in [-0.39, 0.29) is 104 Å². The van der Waals surface area contributed by atoms with Crippen molar-refractivity contribution >= 4 is 132 Å². The zero-order chi connectivity index (χ0) is 94.0. The van der Waals surface area contributed by atoms with Crippen LogP contribution in [0.4, 0.5) is 0 Å². The van der Waals surface area contributed by atoms with E-state index in [2.05, 4.69) is 247 Å². The number of morpholine rings is 2. The Morgan fingerprint density at radius 3 is 0.888 bits per heavy atom. The first-order chi connectivity index (χ1) is 57.5. The lowest BCUT2D eigenvalue weighted by Gasteiger charge is -2.27. The summed E-state index contributed by atoms with van der Waals surface area (Å²) in [5.41, 5.74) is 6.45. The van der Waals surface area contributed by atoms with E-state index in [1.54, 1.807) is 60.0 Å². The number of carbonyl (C=O) groups is 4. The van der Waals surface area contributed by atoms with Crippen molar-refractivity contribution in [2.75, 3.05) is 151 Å². The van der Waals surface area contributed by atoms with Gasteiger partial charge in [-0.3, -0.25) is 33.2 Å². The fourth-order valence-electron chi connectivity index (χ4n) is 14.4. The molecule has 4 amide bonds. The van der Waals surface area contributed by atoms with E-state index in [9.17, 15) is 48.6 Å². The van der Waals surface area contributed by atoms with Crippen LogP contribution >= 0.6 is 68.0 Å². The summed E-state index contributed by atoms with van der Waals surface area (Å²) in [4.78, 5) is 81.8. The minimum atomic E-state index is -2.99. The molecule has 0 spiro atoms. The molecule has 6 aromatic heterocycles. The van der Waals surface area contributed by atoms with Crippen LogP contribution in [0.5, 0.6) is 0 Å². The van der Waals surface area contributed by atoms with Crippen LogP contribution in [0, 0.1) is 0 Å². The van der Waals surface area contributed by atoms with Crippen LogP contribution in [-0.4, -0.2) is 238 Å². The van der Waals surface area contributed by atoms with Crippen molar-refractivity contribution in [1.29, 1.82) is 0 Å². The van der Waals surface area contributed by atoms with Gasteiger partial charge in [0, 0.05) is 173 Å². The molecule has 0 N–H and O–H groups in total. The van der Waals surface area contributed by atoms with Crippen molar-refractivity contribution < 1.29 is 58.1 Å². The largest absolute Gasteiger partial charge is 0.379 e. The highest BCUT2D eigenvalue weighted by atomic mass is 32.2. The van der Waals surface area contributed by atoms with Crippen molar-refractivity contribution in [3.63, 3.8) is 0 Å². The van der Waals surface area contributed by atoms with Crippen LogP contribution in [0.3, 0.4) is 0 Å². The number of thiophene rings is 5. The number of carbonyl (C=O) groups excluding carboxylic acids is 4. The van der Waals surface area contributed by atoms with Crippen molar-refractivity contribution in [2.24, 2.45) is 0 Å². The Bertz CT molecular complexity index is 4790. The van der Waals surface area contributed by atoms with E-state index in [4.69, 9.17) is 9.47 Å². The van der Waals surface area contributed by atoms with Crippen LogP contribution in [0.15, 0.2) is 30.3 Å². The first-order valence-corrected chi connectivity index (χ1v) is 56.8. The second kappa shape index (κ2) is 44.6. The highest BCUT2D eigenvalue weighted by molar-refractivity contribution is 7.92. The predicted octanol–water partition coefficient (Wildman–Crippen LogP) is 19.9. The summed E-state index contributed by atoms with van der Waals surface area (Å²) in [7, 11) is -9.49. The lowest BCUT2D eigenvalue weighted by atomic mass is 9.93. The molecule has 0 aromatic carbocycles. The van der Waals surface area contributed by atoms with Crippen LogP contribution in [0.2, 0.25) is 0 Å². The molecular weight excluding hydrogens is 1770 g/mol. The minimum absolute atomic E-state index is 0.0120. The number of rotatable bonds is 14. The Morgan fingerprint density at radius 1 is 0.336 bits per heavy atom. The number of sulfone groups is 3. The second-order valence-electron chi connectivity index (χ2n) is 42.1. The fourth-order valence-corrected chi connectivity index (χ4v) is 26.4. The standard InChI is InChI=1S/C16H25NO3S2.C16H27NO2S2.C16H25NO2S2.C16H25NO2S.C16H27NOS.C15H24N2O3S2/c1-11(2)14-12(10-13(21-14)16(3,4)5)15(18)17-6-8-22(19,20)9-7-17;1-12(2)15-13(10-14(20-15)16(3,4)5)11-17-6-8-21(18,19)9-7-17;1-11(2)14-12(10-13(20-14)16(3,4)5)15(18)17-6-8-21(19)9-7-17;1-11(2)14-12(10-13(20-14)16(3,4)5)15(18)17-6-8-19-9-7-17;1-12(2)15-13(10-14(19-15)16(3,4)5)11-17-6-8-18-9-7-17;1-10(2)12-11(16-14(21-12)15(3,4)5)13(18)17-6-8-22(19,20)9-7-17/h10-11H,6-9H2,1-5H3;10,12H,6-9,11H2,1-5H3;10-11H,6-9H2,1-5H3;10-11H,6-9H2,1-5H3;10,12H,6-9,11H2,1-5H3;10H,6-9H2,1-5H3. The monoisotopic (exact) mass is 1920 g/mol. The summed E-state index contributed by atoms with van der Waals surface area (Å²) in [6.07, 6.45) is 0. The topological polar surface area (TPSA) is 239 Å². The SMILES string of the molecule is CC(C)c1sc(C(C)(C)C)cc1C(=O)N1CCOCC1.CC(C)c1sc(C(C)(C)C)cc1C(=O)N1CCS(=O)(=O)CC1.CC(C)c1sc(C(C)(C)C)cc1C(=O)N1CCS(=O)CC1.CC(C)c1sc(C(C)(C)C)cc1CN1CCOCC1.CC(C)c1sc(C(C)(C)C)cc1CN1CCS(=O)(=O)CC1.CC(C)c1sc(C(C)(C)C)nc1C(=O)N1CCS(=O)(=O)CC1. The minimum Gasteiger partial charge on any atom is -0.379 e. The zero-order valence-electron chi connectivity index (χ0n) is 81.3. The molecule has 706 valence electrons. The Balaban J connectivity index is 0.000000206. The summed E-state index contributed by atoms with van der Waals surface area (Å²) in [5.74, 6) is 4.59. The van der Waals surface area contributed by atoms with Crippen molar-refractivity contribution in [2.45, 2.75) is 289 Å². The van der Waals surface area contributed by atoms with E-state index in [1.807, 2.05) is 38.5 Å². The molecule has 6 fully saturated rings. The number of thiazole rings is 1. The van der Waals surface area contributed by atoms with Gasteiger partial charge in [0.1, 0.15) is 5.69 Å². The number of ether oxygens (including phenoxy) is 2. The van der Waals surface area contributed by atoms with E-state index in [1.165, 1.54) is 50.1 Å². The van der Waals surface area contributed by atoms with Crippen LogP contribution in [0.1, 0.15) is 355 Å². The maximum atomic E-state index is 12.8. The first kappa shape index (κ1) is 108. The normalized spacial score (nSPS) is 18.4. The summed E-state index contributed by atoms with van der Waals surface area (Å²) in [5, 5.41) is 0.948. The van der Waals surface area contributed by atoms with Gasteiger partial charge in [-0.2, -0.15) is 0 Å². The molecule has 30 heteroatoms. The molecule has 0 aliphatic carbocycles. The second-order valence-corrected chi connectivity index (χ2v) is 57.1. The Hall–Kier alpha value is -4.15. The third-order valence-electron chi connectivity index (χ3n) is 22.4. The van der Waals surface area contributed by atoms with E-state index >= 15 is 0 Å².